The van der Waals surface area contributed by atoms with Gasteiger partial charge in [-0.1, -0.05) is 54.6 Å². The smallest absolute Gasteiger partial charge is 0.328 e. The average molecular weight is 361 g/mol. The van der Waals surface area contributed by atoms with Gasteiger partial charge in [-0.15, -0.1) is 0 Å². The van der Waals surface area contributed by atoms with E-state index in [4.69, 9.17) is 4.74 Å². The standard InChI is InChI=1S/C23H21O2P/c1-2-25-23(24)18-19-26(20-12-6-3-7-13-20,21-14-8-4-9-15-21)22-16-10-5-11-17-22/h3-17,19H,2H2,1H3/p+1. The summed E-state index contributed by atoms with van der Waals surface area (Å²) in [6, 6.07) is 31.2. The molecule has 26 heavy (non-hydrogen) atoms. The van der Waals surface area contributed by atoms with Gasteiger partial charge in [0.25, 0.3) is 0 Å². The van der Waals surface area contributed by atoms with Crippen molar-refractivity contribution in [3.8, 4) is 0 Å². The minimum Gasteiger partial charge on any atom is -0.475 e. The SMILES string of the molecule is CCOC(O)=C=C[P+](c1ccccc1)(c1ccccc1)c1ccccc1. The van der Waals surface area contributed by atoms with Crippen LogP contribution in [0.3, 0.4) is 0 Å². The van der Waals surface area contributed by atoms with E-state index in [0.29, 0.717) is 6.61 Å². The molecule has 3 aromatic carbocycles. The first kappa shape index (κ1) is 18.0. The van der Waals surface area contributed by atoms with Gasteiger partial charge in [0, 0.05) is 5.73 Å². The number of hydrogen-bond acceptors (Lipinski definition) is 2. The topological polar surface area (TPSA) is 29.5 Å². The van der Waals surface area contributed by atoms with Gasteiger partial charge < -0.3 is 9.84 Å². The van der Waals surface area contributed by atoms with Crippen LogP contribution >= 0.6 is 7.26 Å². The molecule has 0 amide bonds. The van der Waals surface area contributed by atoms with Gasteiger partial charge in [0.1, 0.15) is 29.0 Å². The van der Waals surface area contributed by atoms with E-state index in [1.165, 1.54) is 15.9 Å². The summed E-state index contributed by atoms with van der Waals surface area (Å²) in [5.41, 5.74) is 2.99. The summed E-state index contributed by atoms with van der Waals surface area (Å²) in [4.78, 5) is 0. The minimum atomic E-state index is -2.13. The third-order valence-electron chi connectivity index (χ3n) is 4.15. The normalized spacial score (nSPS) is 10.7. The highest BCUT2D eigenvalue weighted by atomic mass is 31.2. The molecule has 130 valence electrons. The molecule has 0 unspecified atom stereocenters. The van der Waals surface area contributed by atoms with Crippen LogP contribution in [-0.2, 0) is 4.74 Å². The molecule has 0 spiro atoms. The lowest BCUT2D eigenvalue weighted by Gasteiger charge is -2.23. The van der Waals surface area contributed by atoms with Crippen molar-refractivity contribution in [1.29, 1.82) is 0 Å². The van der Waals surface area contributed by atoms with E-state index in [2.05, 4.69) is 78.5 Å². The maximum atomic E-state index is 10.0. The summed E-state index contributed by atoms with van der Waals surface area (Å²) < 4.78 is 5.19. The largest absolute Gasteiger partial charge is 0.475 e. The fraction of sp³-hybridized carbons (Fsp3) is 0.0870. The lowest BCUT2D eigenvalue weighted by Crippen LogP contribution is -2.29. The van der Waals surface area contributed by atoms with Crippen molar-refractivity contribution >= 4 is 23.2 Å². The van der Waals surface area contributed by atoms with E-state index in [0.717, 1.165) is 0 Å². The Hall–Kier alpha value is -2.79. The molecule has 0 aliphatic carbocycles. The number of hydrogen-bond donors (Lipinski definition) is 1. The zero-order valence-corrected chi connectivity index (χ0v) is 15.6. The average Bonchev–Trinajstić information content (AvgIpc) is 2.71. The Labute approximate surface area is 155 Å². The first-order valence-corrected chi connectivity index (χ1v) is 10.5. The first-order valence-electron chi connectivity index (χ1n) is 8.62. The molecule has 0 fully saturated rings. The lowest BCUT2D eigenvalue weighted by molar-refractivity contribution is 0.104. The van der Waals surface area contributed by atoms with Crippen LogP contribution in [-0.4, -0.2) is 11.7 Å². The van der Waals surface area contributed by atoms with Crippen molar-refractivity contribution in [2.75, 3.05) is 6.61 Å². The third kappa shape index (κ3) is 3.73. The molecule has 0 radical (unpaired) electrons. The van der Waals surface area contributed by atoms with Crippen LogP contribution in [0, 0.1) is 0 Å². The van der Waals surface area contributed by atoms with Gasteiger partial charge >= 0.3 is 5.95 Å². The van der Waals surface area contributed by atoms with Crippen molar-refractivity contribution in [2.45, 2.75) is 6.92 Å². The summed E-state index contributed by atoms with van der Waals surface area (Å²) in [5.74, 6) is 1.82. The van der Waals surface area contributed by atoms with Crippen molar-refractivity contribution < 1.29 is 9.84 Å². The Bertz CT molecular complexity index is 787. The van der Waals surface area contributed by atoms with Crippen LogP contribution in [0.15, 0.2) is 108 Å². The van der Waals surface area contributed by atoms with E-state index in [-0.39, 0.29) is 5.95 Å². The molecule has 0 aliphatic heterocycles. The predicted octanol–water partition coefficient (Wildman–Crippen LogP) is 4.53. The monoisotopic (exact) mass is 361 g/mol. The van der Waals surface area contributed by atoms with Gasteiger partial charge in [-0.25, -0.2) is 0 Å². The highest BCUT2D eigenvalue weighted by Gasteiger charge is 2.43. The Morgan fingerprint density at radius 2 is 1.19 bits per heavy atom. The fourth-order valence-corrected chi connectivity index (χ4v) is 6.56. The molecule has 3 rings (SSSR count). The Morgan fingerprint density at radius 3 is 1.54 bits per heavy atom. The molecule has 0 aromatic heterocycles. The fourth-order valence-electron chi connectivity index (χ4n) is 2.99. The van der Waals surface area contributed by atoms with E-state index in [9.17, 15) is 5.11 Å². The summed E-state index contributed by atoms with van der Waals surface area (Å²) in [5, 5.41) is 13.6. The number of aliphatic hydroxyl groups is 1. The molecule has 2 nitrogen and oxygen atoms in total. The van der Waals surface area contributed by atoms with Gasteiger partial charge in [0.05, 0.1) is 6.61 Å². The van der Waals surface area contributed by atoms with Gasteiger partial charge in [0.15, 0.2) is 0 Å². The predicted molar refractivity (Wildman–Crippen MR) is 111 cm³/mol. The van der Waals surface area contributed by atoms with Crippen LogP contribution in [0.4, 0.5) is 0 Å². The van der Waals surface area contributed by atoms with Gasteiger partial charge in [-0.3, -0.25) is 0 Å². The van der Waals surface area contributed by atoms with Crippen LogP contribution in [0.2, 0.25) is 0 Å². The van der Waals surface area contributed by atoms with Crippen molar-refractivity contribution in [3.63, 3.8) is 0 Å². The molecule has 3 heteroatoms. The second-order valence-corrected chi connectivity index (χ2v) is 8.99. The number of aliphatic hydroxyl groups excluding tert-OH is 1. The van der Waals surface area contributed by atoms with Crippen molar-refractivity contribution in [2.24, 2.45) is 0 Å². The van der Waals surface area contributed by atoms with E-state index in [1.807, 2.05) is 30.9 Å². The molecule has 0 bridgehead atoms. The molecule has 1 N–H and O–H groups in total. The molecule has 0 saturated carbocycles. The first-order chi connectivity index (χ1) is 12.8. The van der Waals surface area contributed by atoms with Gasteiger partial charge in [-0.2, -0.15) is 0 Å². The Balaban J connectivity index is 2.34. The molecule has 0 heterocycles. The van der Waals surface area contributed by atoms with E-state index >= 15 is 0 Å². The highest BCUT2D eigenvalue weighted by molar-refractivity contribution is 7.98. The second-order valence-electron chi connectivity index (χ2n) is 5.74. The third-order valence-corrected chi connectivity index (χ3v) is 8.01. The van der Waals surface area contributed by atoms with Crippen molar-refractivity contribution in [1.82, 2.24) is 0 Å². The van der Waals surface area contributed by atoms with E-state index < -0.39 is 7.26 Å². The molecular formula is C23H22O2P+. The number of rotatable bonds is 6. The van der Waals surface area contributed by atoms with Gasteiger partial charge in [0.2, 0.25) is 0 Å². The van der Waals surface area contributed by atoms with E-state index in [1.54, 1.807) is 0 Å². The second kappa shape index (κ2) is 8.54. The summed E-state index contributed by atoms with van der Waals surface area (Å²) >= 11 is 0. The number of benzene rings is 3. The van der Waals surface area contributed by atoms with Crippen LogP contribution in [0.5, 0.6) is 0 Å². The zero-order chi connectivity index (χ0) is 18.2. The molecule has 0 atom stereocenters. The van der Waals surface area contributed by atoms with Gasteiger partial charge in [-0.05, 0) is 43.3 Å². The molecule has 0 saturated heterocycles. The summed E-state index contributed by atoms with van der Waals surface area (Å²) in [7, 11) is -2.13. The van der Waals surface area contributed by atoms with Crippen LogP contribution in [0.25, 0.3) is 0 Å². The Kier molecular flexibility index (Phi) is 5.92. The minimum absolute atomic E-state index is 0.181. The molecular weight excluding hydrogens is 339 g/mol. The number of ether oxygens (including phenoxy) is 1. The molecule has 3 aromatic rings. The quantitative estimate of drug-likeness (QED) is 0.397. The molecule has 0 aliphatic rings. The lowest BCUT2D eigenvalue weighted by atomic mass is 10.4. The Morgan fingerprint density at radius 1 is 0.808 bits per heavy atom. The maximum Gasteiger partial charge on any atom is 0.328 e. The van der Waals surface area contributed by atoms with Crippen LogP contribution < -0.4 is 15.9 Å². The zero-order valence-electron chi connectivity index (χ0n) is 14.7. The summed E-state index contributed by atoms with van der Waals surface area (Å²) in [6.45, 7) is 2.24. The highest BCUT2D eigenvalue weighted by Crippen LogP contribution is 2.56. The summed E-state index contributed by atoms with van der Waals surface area (Å²) in [6.07, 6.45) is 0. The van der Waals surface area contributed by atoms with Crippen LogP contribution in [0.1, 0.15) is 6.92 Å². The maximum absolute atomic E-state index is 10.0. The van der Waals surface area contributed by atoms with Crippen molar-refractivity contribution in [3.05, 3.63) is 108 Å².